The predicted molar refractivity (Wildman–Crippen MR) is 82.3 cm³/mol. The van der Waals surface area contributed by atoms with Crippen LogP contribution in [0.25, 0.3) is 0 Å². The van der Waals surface area contributed by atoms with Gasteiger partial charge in [0.05, 0.1) is 5.75 Å². The highest BCUT2D eigenvalue weighted by Crippen LogP contribution is 2.21. The molecule has 118 valence electrons. The molecule has 2 saturated heterocycles. The summed E-state index contributed by atoms with van der Waals surface area (Å²) in [4.78, 5) is 2.27. The van der Waals surface area contributed by atoms with Gasteiger partial charge in [0.2, 0.25) is 10.0 Å². The van der Waals surface area contributed by atoms with Gasteiger partial charge in [-0.05, 0) is 71.2 Å². The van der Waals surface area contributed by atoms with Crippen LogP contribution in [0.3, 0.4) is 0 Å². The normalized spacial score (nSPS) is 24.4. The van der Waals surface area contributed by atoms with Crippen molar-refractivity contribution in [3.63, 3.8) is 0 Å². The van der Waals surface area contributed by atoms with Crippen LogP contribution in [0.2, 0.25) is 0 Å². The molecular weight excluding hydrogens is 274 g/mol. The average Bonchev–Trinajstić information content (AvgIpc) is 2.46. The van der Waals surface area contributed by atoms with Crippen LogP contribution in [0.4, 0.5) is 0 Å². The maximum Gasteiger partial charge on any atom is 0.214 e. The summed E-state index contributed by atoms with van der Waals surface area (Å²) in [5, 5.41) is 3.33. The molecule has 2 aliphatic heterocycles. The first-order valence-corrected chi connectivity index (χ1v) is 9.45. The van der Waals surface area contributed by atoms with Gasteiger partial charge in [0.15, 0.2) is 0 Å². The first-order chi connectivity index (χ1) is 9.49. The van der Waals surface area contributed by atoms with Crippen LogP contribution < -0.4 is 5.32 Å². The molecule has 0 aromatic heterocycles. The molecule has 2 fully saturated rings. The largest absolute Gasteiger partial charge is 0.317 e. The molecule has 2 heterocycles. The SMILES string of the molecule is CN1CCC(N(C)S(=O)(=O)CCC2CCNCC2)CC1. The molecule has 6 heteroatoms. The first-order valence-electron chi connectivity index (χ1n) is 7.84. The van der Waals surface area contributed by atoms with E-state index in [2.05, 4.69) is 17.3 Å². The van der Waals surface area contributed by atoms with Crippen molar-refractivity contribution in [3.05, 3.63) is 0 Å². The Hall–Kier alpha value is -0.170. The molecule has 0 saturated carbocycles. The van der Waals surface area contributed by atoms with Crippen molar-refractivity contribution in [2.75, 3.05) is 46.0 Å². The van der Waals surface area contributed by atoms with Crippen molar-refractivity contribution >= 4 is 10.0 Å². The second kappa shape index (κ2) is 7.20. The fourth-order valence-electron chi connectivity index (χ4n) is 3.22. The molecule has 1 N–H and O–H groups in total. The molecular formula is C14H29N3O2S. The zero-order valence-electron chi connectivity index (χ0n) is 12.8. The minimum Gasteiger partial charge on any atom is -0.317 e. The molecule has 0 atom stereocenters. The Bertz CT molecular complexity index is 385. The molecule has 0 unspecified atom stereocenters. The van der Waals surface area contributed by atoms with Gasteiger partial charge in [0.25, 0.3) is 0 Å². The minimum atomic E-state index is -3.08. The van der Waals surface area contributed by atoms with Crippen LogP contribution in [0.5, 0.6) is 0 Å². The van der Waals surface area contributed by atoms with Gasteiger partial charge in [0.1, 0.15) is 0 Å². The minimum absolute atomic E-state index is 0.198. The molecule has 20 heavy (non-hydrogen) atoms. The summed E-state index contributed by atoms with van der Waals surface area (Å²) < 4.78 is 26.6. The predicted octanol–water partition coefficient (Wildman–Crippen LogP) is 0.732. The van der Waals surface area contributed by atoms with Crippen LogP contribution in [0.1, 0.15) is 32.1 Å². The number of sulfonamides is 1. The highest BCUT2D eigenvalue weighted by Gasteiger charge is 2.29. The van der Waals surface area contributed by atoms with E-state index in [1.165, 1.54) is 0 Å². The summed E-state index contributed by atoms with van der Waals surface area (Å²) in [5.74, 6) is 0.900. The number of nitrogens with one attached hydrogen (secondary N) is 1. The van der Waals surface area contributed by atoms with Crippen LogP contribution in [0.15, 0.2) is 0 Å². The van der Waals surface area contributed by atoms with E-state index in [9.17, 15) is 8.42 Å². The maximum atomic E-state index is 12.5. The third-order valence-corrected chi connectivity index (χ3v) is 6.81. The summed E-state index contributed by atoms with van der Waals surface area (Å²) in [6, 6.07) is 0.198. The van der Waals surface area contributed by atoms with E-state index in [1.807, 2.05) is 0 Å². The smallest absolute Gasteiger partial charge is 0.214 e. The lowest BCUT2D eigenvalue weighted by Crippen LogP contribution is -2.45. The molecule has 0 aromatic carbocycles. The summed E-state index contributed by atoms with van der Waals surface area (Å²) >= 11 is 0. The second-order valence-electron chi connectivity index (χ2n) is 6.35. The Labute approximate surface area is 123 Å². The maximum absolute atomic E-state index is 12.5. The van der Waals surface area contributed by atoms with E-state index >= 15 is 0 Å². The van der Waals surface area contributed by atoms with E-state index in [0.29, 0.717) is 11.7 Å². The van der Waals surface area contributed by atoms with Crippen LogP contribution >= 0.6 is 0 Å². The number of rotatable bonds is 5. The van der Waals surface area contributed by atoms with E-state index < -0.39 is 10.0 Å². The topological polar surface area (TPSA) is 52.7 Å². The van der Waals surface area contributed by atoms with Gasteiger partial charge >= 0.3 is 0 Å². The summed E-state index contributed by atoms with van der Waals surface area (Å²) in [6.07, 6.45) is 4.97. The Morgan fingerprint density at radius 3 is 2.35 bits per heavy atom. The molecule has 0 radical (unpaired) electrons. The van der Waals surface area contributed by atoms with Gasteiger partial charge in [0, 0.05) is 13.1 Å². The van der Waals surface area contributed by atoms with Crippen LogP contribution in [-0.4, -0.2) is 69.7 Å². The van der Waals surface area contributed by atoms with Crippen molar-refractivity contribution in [1.82, 2.24) is 14.5 Å². The molecule has 0 aliphatic carbocycles. The number of piperidine rings is 2. The molecule has 5 nitrogen and oxygen atoms in total. The molecule has 0 bridgehead atoms. The zero-order valence-corrected chi connectivity index (χ0v) is 13.7. The van der Waals surface area contributed by atoms with Gasteiger partial charge in [-0.1, -0.05) is 0 Å². The van der Waals surface area contributed by atoms with Crippen molar-refractivity contribution < 1.29 is 8.42 Å². The fraction of sp³-hybridized carbons (Fsp3) is 1.00. The van der Waals surface area contributed by atoms with Gasteiger partial charge in [-0.3, -0.25) is 0 Å². The average molecular weight is 303 g/mol. The summed E-state index contributed by atoms with van der Waals surface area (Å²) in [7, 11) is 0.788. The van der Waals surface area contributed by atoms with Crippen molar-refractivity contribution in [1.29, 1.82) is 0 Å². The van der Waals surface area contributed by atoms with E-state index in [-0.39, 0.29) is 6.04 Å². The fourth-order valence-corrected chi connectivity index (χ4v) is 4.80. The first kappa shape index (κ1) is 16.2. The van der Waals surface area contributed by atoms with Gasteiger partial charge in [-0.2, -0.15) is 0 Å². The Balaban J connectivity index is 1.82. The summed E-state index contributed by atoms with van der Waals surface area (Å²) in [5.41, 5.74) is 0. The van der Waals surface area contributed by atoms with Gasteiger partial charge in [-0.25, -0.2) is 12.7 Å². The van der Waals surface area contributed by atoms with Crippen LogP contribution in [0, 0.1) is 5.92 Å². The lowest BCUT2D eigenvalue weighted by molar-refractivity contribution is 0.197. The van der Waals surface area contributed by atoms with Crippen molar-refractivity contribution in [3.8, 4) is 0 Å². The Morgan fingerprint density at radius 2 is 1.75 bits per heavy atom. The Kier molecular flexibility index (Phi) is 5.84. The molecule has 0 aromatic rings. The van der Waals surface area contributed by atoms with Crippen LogP contribution in [-0.2, 0) is 10.0 Å². The standard InChI is InChI=1S/C14H29N3O2S/c1-16-10-5-14(6-11-16)17(2)20(18,19)12-7-13-3-8-15-9-4-13/h13-15H,3-12H2,1-2H3. The van der Waals surface area contributed by atoms with Crippen molar-refractivity contribution in [2.24, 2.45) is 5.92 Å². The lowest BCUT2D eigenvalue weighted by atomic mass is 9.96. The molecule has 2 rings (SSSR count). The molecule has 0 spiro atoms. The summed E-state index contributed by atoms with van der Waals surface area (Å²) in [6.45, 7) is 4.07. The van der Waals surface area contributed by atoms with E-state index in [1.54, 1.807) is 11.4 Å². The third-order valence-electron chi connectivity index (χ3n) is 4.88. The second-order valence-corrected chi connectivity index (χ2v) is 8.50. The number of hydrogen-bond acceptors (Lipinski definition) is 4. The van der Waals surface area contributed by atoms with Crippen molar-refractivity contribution in [2.45, 2.75) is 38.1 Å². The third kappa shape index (κ3) is 4.41. The highest BCUT2D eigenvalue weighted by atomic mass is 32.2. The number of nitrogens with zero attached hydrogens (tertiary/aromatic N) is 2. The Morgan fingerprint density at radius 1 is 1.15 bits per heavy atom. The monoisotopic (exact) mass is 303 g/mol. The lowest BCUT2D eigenvalue weighted by Gasteiger charge is -2.34. The number of likely N-dealkylation sites (tertiary alicyclic amines) is 1. The molecule has 0 amide bonds. The van der Waals surface area contributed by atoms with E-state index in [4.69, 9.17) is 0 Å². The molecule has 2 aliphatic rings. The quantitative estimate of drug-likeness (QED) is 0.814. The highest BCUT2D eigenvalue weighted by molar-refractivity contribution is 7.89. The van der Waals surface area contributed by atoms with Gasteiger partial charge < -0.3 is 10.2 Å². The van der Waals surface area contributed by atoms with Gasteiger partial charge in [-0.15, -0.1) is 0 Å². The number of hydrogen-bond donors (Lipinski definition) is 1. The zero-order chi connectivity index (χ0) is 14.6. The van der Waals surface area contributed by atoms with E-state index in [0.717, 1.165) is 58.3 Å².